The highest BCUT2D eigenvalue weighted by Gasteiger charge is 2.13. The Kier molecular flexibility index (Phi) is 11.5. The second kappa shape index (κ2) is 14.6. The molecule has 0 bridgehead atoms. The minimum Gasteiger partial charge on any atom is -0.493 e. The number of benzene rings is 2. The number of nitrogens with one attached hydrogen (secondary N) is 1. The van der Waals surface area contributed by atoms with E-state index in [2.05, 4.69) is 21.2 Å². The van der Waals surface area contributed by atoms with Crippen LogP contribution in [0.3, 0.4) is 0 Å². The molecule has 190 valence electrons. The molecule has 0 aliphatic rings. The lowest BCUT2D eigenvalue weighted by Gasteiger charge is -2.12. The maximum Gasteiger partial charge on any atom is 0.336 e. The van der Waals surface area contributed by atoms with Gasteiger partial charge in [-0.3, -0.25) is 4.79 Å². The Morgan fingerprint density at radius 2 is 1.78 bits per heavy atom. The van der Waals surface area contributed by atoms with Crippen LogP contribution in [0.5, 0.6) is 23.0 Å². The second-order valence-corrected chi connectivity index (χ2v) is 8.27. The number of amides is 1. The van der Waals surface area contributed by atoms with E-state index in [9.17, 15) is 14.9 Å². The fraction of sp³-hybridized carbons (Fsp3) is 0.296. The van der Waals surface area contributed by atoms with Crippen LogP contribution in [0, 0.1) is 11.3 Å². The molecule has 0 atom stereocenters. The molecular weight excluding hydrogens is 528 g/mol. The first kappa shape index (κ1) is 28.5. The average molecular weight is 557 g/mol. The zero-order chi connectivity index (χ0) is 26.5. The summed E-state index contributed by atoms with van der Waals surface area (Å²) in [5, 5.41) is 12.1. The number of carbonyl (C=O) groups excluding carboxylic acids is 2. The summed E-state index contributed by atoms with van der Waals surface area (Å²) >= 11 is 3.45. The van der Waals surface area contributed by atoms with E-state index in [0.29, 0.717) is 40.3 Å². The number of carbonyl (C=O) groups is 2. The van der Waals surface area contributed by atoms with Crippen LogP contribution < -0.4 is 24.3 Å². The van der Waals surface area contributed by atoms with E-state index in [1.54, 1.807) is 30.3 Å². The average Bonchev–Trinajstić information content (AvgIpc) is 2.88. The summed E-state index contributed by atoms with van der Waals surface area (Å²) in [5.41, 5.74) is 1.22. The summed E-state index contributed by atoms with van der Waals surface area (Å²) in [7, 11) is 2.97. The van der Waals surface area contributed by atoms with Crippen LogP contribution in [0.4, 0.5) is 0 Å². The third-order valence-corrected chi connectivity index (χ3v) is 5.43. The van der Waals surface area contributed by atoms with Crippen molar-refractivity contribution in [3.8, 4) is 29.1 Å². The van der Waals surface area contributed by atoms with Gasteiger partial charge in [0.15, 0.2) is 23.0 Å². The van der Waals surface area contributed by atoms with Gasteiger partial charge < -0.3 is 24.3 Å². The predicted molar refractivity (Wildman–Crippen MR) is 141 cm³/mol. The zero-order valence-corrected chi connectivity index (χ0v) is 22.3. The second-order valence-electron chi connectivity index (χ2n) is 7.41. The maximum absolute atomic E-state index is 12.4. The molecule has 0 unspecified atom stereocenters. The topological polar surface area (TPSA) is 107 Å². The van der Waals surface area contributed by atoms with E-state index in [1.165, 1.54) is 32.4 Å². The summed E-state index contributed by atoms with van der Waals surface area (Å²) in [4.78, 5) is 24.6. The van der Waals surface area contributed by atoms with Crippen LogP contribution in [0.2, 0.25) is 0 Å². The van der Waals surface area contributed by atoms with Crippen molar-refractivity contribution in [1.29, 1.82) is 5.26 Å². The number of ether oxygens (including phenoxy) is 4. The van der Waals surface area contributed by atoms with Gasteiger partial charge >= 0.3 is 5.97 Å². The third-order valence-electron chi connectivity index (χ3n) is 4.84. The van der Waals surface area contributed by atoms with Gasteiger partial charge in [0.25, 0.3) is 5.91 Å². The molecule has 1 amide bonds. The van der Waals surface area contributed by atoms with E-state index in [-0.39, 0.29) is 17.1 Å². The Labute approximate surface area is 219 Å². The number of nitriles is 1. The summed E-state index contributed by atoms with van der Waals surface area (Å²) < 4.78 is 22.4. The number of methoxy groups -OCH3 is 2. The number of halogens is 1. The Bertz CT molecular complexity index is 1180. The van der Waals surface area contributed by atoms with Crippen molar-refractivity contribution in [2.45, 2.75) is 26.7 Å². The van der Waals surface area contributed by atoms with Crippen molar-refractivity contribution in [2.24, 2.45) is 0 Å². The molecule has 2 aromatic rings. The lowest BCUT2D eigenvalue weighted by Crippen LogP contribution is -2.25. The molecule has 0 saturated carbocycles. The van der Waals surface area contributed by atoms with Crippen molar-refractivity contribution in [2.75, 3.05) is 27.4 Å². The largest absolute Gasteiger partial charge is 0.493 e. The Morgan fingerprint density at radius 3 is 2.42 bits per heavy atom. The molecule has 0 aliphatic carbocycles. The maximum atomic E-state index is 12.4. The fourth-order valence-electron chi connectivity index (χ4n) is 3.07. The molecule has 0 spiro atoms. The highest BCUT2D eigenvalue weighted by atomic mass is 79.9. The van der Waals surface area contributed by atoms with Gasteiger partial charge in [0, 0.05) is 12.6 Å². The van der Waals surface area contributed by atoms with E-state index >= 15 is 0 Å². The molecule has 36 heavy (non-hydrogen) atoms. The van der Waals surface area contributed by atoms with Crippen molar-refractivity contribution in [1.82, 2.24) is 5.32 Å². The van der Waals surface area contributed by atoms with Gasteiger partial charge in [-0.2, -0.15) is 5.26 Å². The summed E-state index contributed by atoms with van der Waals surface area (Å²) in [6.07, 6.45) is 6.08. The highest BCUT2D eigenvalue weighted by Crippen LogP contribution is 2.37. The van der Waals surface area contributed by atoms with Crippen LogP contribution in [-0.2, 0) is 9.59 Å². The molecule has 1 N–H and O–H groups in total. The predicted octanol–water partition coefficient (Wildman–Crippen LogP) is 5.31. The fourth-order valence-corrected chi connectivity index (χ4v) is 3.65. The van der Waals surface area contributed by atoms with Crippen LogP contribution in [-0.4, -0.2) is 39.2 Å². The van der Waals surface area contributed by atoms with Gasteiger partial charge in [-0.15, -0.1) is 0 Å². The summed E-state index contributed by atoms with van der Waals surface area (Å²) in [6.45, 7) is 4.87. The molecule has 9 heteroatoms. The molecule has 0 radical (unpaired) electrons. The Hall–Kier alpha value is -3.77. The van der Waals surface area contributed by atoms with Gasteiger partial charge in [0.2, 0.25) is 0 Å². The molecule has 0 aliphatic heterocycles. The van der Waals surface area contributed by atoms with Gasteiger partial charge in [0.1, 0.15) is 11.6 Å². The van der Waals surface area contributed by atoms with Crippen LogP contribution in [0.15, 0.2) is 46.5 Å². The van der Waals surface area contributed by atoms with Gasteiger partial charge in [0.05, 0.1) is 25.3 Å². The molecule has 0 fully saturated rings. The first-order valence-corrected chi connectivity index (χ1v) is 12.1. The SMILES string of the molecule is CCCCNC(=O)/C(C#N)=C/c1ccc(OC(=O)/C=C/c2cc(Br)c(OCC)c(OC)c2)c(OC)c1. The van der Waals surface area contributed by atoms with Crippen LogP contribution >= 0.6 is 15.9 Å². The number of nitrogens with zero attached hydrogens (tertiary/aromatic N) is 1. The molecule has 0 saturated heterocycles. The number of rotatable bonds is 12. The third kappa shape index (κ3) is 8.17. The number of esters is 1. The Balaban J connectivity index is 2.16. The molecule has 0 heterocycles. The summed E-state index contributed by atoms with van der Waals surface area (Å²) in [6, 6.07) is 10.2. The monoisotopic (exact) mass is 556 g/mol. The number of hydrogen-bond donors (Lipinski definition) is 1. The lowest BCUT2D eigenvalue weighted by molar-refractivity contribution is -0.129. The van der Waals surface area contributed by atoms with Crippen molar-refractivity contribution in [3.05, 3.63) is 57.6 Å². The van der Waals surface area contributed by atoms with Crippen molar-refractivity contribution in [3.63, 3.8) is 0 Å². The normalized spacial score (nSPS) is 11.1. The molecule has 8 nitrogen and oxygen atoms in total. The van der Waals surface area contributed by atoms with E-state index in [0.717, 1.165) is 12.8 Å². The molecule has 2 rings (SSSR count). The number of unbranched alkanes of at least 4 members (excludes halogenated alkanes) is 1. The minimum atomic E-state index is -0.617. The smallest absolute Gasteiger partial charge is 0.336 e. The van der Waals surface area contributed by atoms with Gasteiger partial charge in [-0.25, -0.2) is 4.79 Å². The molecular formula is C27H29BrN2O6. The first-order valence-electron chi connectivity index (χ1n) is 11.3. The van der Waals surface area contributed by atoms with Crippen molar-refractivity contribution < 1.29 is 28.5 Å². The standard InChI is InChI=1S/C27H29BrN2O6/c1-5-7-12-30-27(32)20(17-29)13-18-8-10-22(23(15-18)33-3)36-25(31)11-9-19-14-21(28)26(35-6-2)24(16-19)34-4/h8-11,13-16H,5-7,12H2,1-4H3,(H,30,32)/b11-9+,20-13+. The van der Waals surface area contributed by atoms with E-state index < -0.39 is 11.9 Å². The van der Waals surface area contributed by atoms with Gasteiger partial charge in [-0.1, -0.05) is 19.4 Å². The molecule has 2 aromatic carbocycles. The highest BCUT2D eigenvalue weighted by molar-refractivity contribution is 9.10. The van der Waals surface area contributed by atoms with Crippen molar-refractivity contribution >= 4 is 40.0 Å². The zero-order valence-electron chi connectivity index (χ0n) is 20.7. The quantitative estimate of drug-likeness (QED) is 0.124. The number of hydrogen-bond acceptors (Lipinski definition) is 7. The van der Waals surface area contributed by atoms with E-state index in [4.69, 9.17) is 18.9 Å². The van der Waals surface area contributed by atoms with Crippen LogP contribution in [0.25, 0.3) is 12.2 Å². The first-order chi connectivity index (χ1) is 17.4. The Morgan fingerprint density at radius 1 is 1.06 bits per heavy atom. The molecule has 0 aromatic heterocycles. The van der Waals surface area contributed by atoms with Crippen LogP contribution in [0.1, 0.15) is 37.8 Å². The van der Waals surface area contributed by atoms with E-state index in [1.807, 2.05) is 19.9 Å². The minimum absolute atomic E-state index is 0.0298. The summed E-state index contributed by atoms with van der Waals surface area (Å²) in [5.74, 6) is 0.522. The lowest BCUT2D eigenvalue weighted by atomic mass is 10.1. The van der Waals surface area contributed by atoms with Gasteiger partial charge in [-0.05, 0) is 76.8 Å².